The summed E-state index contributed by atoms with van der Waals surface area (Å²) in [4.78, 5) is 28.1. The highest BCUT2D eigenvalue weighted by atomic mass is 127. The van der Waals surface area contributed by atoms with Crippen molar-refractivity contribution in [3.05, 3.63) is 16.1 Å². The summed E-state index contributed by atoms with van der Waals surface area (Å²) in [6.07, 6.45) is 0.897. The molecule has 0 atom stereocenters. The number of halogens is 1. The third kappa shape index (κ3) is 7.83. The topological polar surface area (TPSA) is 73.3 Å². The lowest BCUT2D eigenvalue weighted by Gasteiger charge is -2.37. The first-order valence-corrected chi connectivity index (χ1v) is 11.7. The smallest absolute Gasteiger partial charge is 0.236 e. The molecule has 31 heavy (non-hydrogen) atoms. The normalized spacial score (nSPS) is 18.6. The second kappa shape index (κ2) is 12.3. The molecule has 0 unspecified atom stereocenters. The monoisotopic (exact) mass is 564 g/mol. The van der Waals surface area contributed by atoms with Gasteiger partial charge in [-0.2, -0.15) is 0 Å². The first-order valence-electron chi connectivity index (χ1n) is 10.8. The van der Waals surface area contributed by atoms with E-state index in [0.717, 1.165) is 55.8 Å². The predicted octanol–water partition coefficient (Wildman–Crippen LogP) is 1.65. The summed E-state index contributed by atoms with van der Waals surface area (Å²) >= 11 is 1.73. The molecule has 1 aromatic heterocycles. The molecule has 0 aromatic carbocycles. The van der Waals surface area contributed by atoms with Gasteiger partial charge in [-0.25, -0.2) is 4.98 Å². The van der Waals surface area contributed by atoms with E-state index in [0.29, 0.717) is 32.8 Å². The Hall–Kier alpha value is -0.980. The van der Waals surface area contributed by atoms with Crippen molar-refractivity contribution in [1.29, 1.82) is 0 Å². The highest BCUT2D eigenvalue weighted by Crippen LogP contribution is 2.23. The SMILES string of the molecule is CN=C(NCCc1nc(C(C)(C)C)cs1)N1CCN(CC(=O)N2CCOCC2)CC1.I. The molecule has 0 radical (unpaired) electrons. The second-order valence-electron chi connectivity index (χ2n) is 8.86. The average Bonchev–Trinajstić information content (AvgIpc) is 3.22. The summed E-state index contributed by atoms with van der Waals surface area (Å²) in [6.45, 7) is 14.1. The van der Waals surface area contributed by atoms with Gasteiger partial charge in [0.25, 0.3) is 0 Å². The molecular formula is C21H37IN6O2S. The maximum absolute atomic E-state index is 12.5. The Morgan fingerprint density at radius 3 is 2.42 bits per heavy atom. The Morgan fingerprint density at radius 2 is 1.84 bits per heavy atom. The number of amides is 1. The van der Waals surface area contributed by atoms with E-state index < -0.39 is 0 Å². The number of hydrogen-bond acceptors (Lipinski definition) is 6. The quantitative estimate of drug-likeness (QED) is 0.333. The summed E-state index contributed by atoms with van der Waals surface area (Å²) in [5.74, 6) is 1.15. The summed E-state index contributed by atoms with van der Waals surface area (Å²) in [5.41, 5.74) is 1.26. The van der Waals surface area contributed by atoms with Crippen molar-refractivity contribution < 1.29 is 9.53 Å². The van der Waals surface area contributed by atoms with Gasteiger partial charge in [0, 0.05) is 70.1 Å². The number of hydrogen-bond donors (Lipinski definition) is 1. The lowest BCUT2D eigenvalue weighted by Crippen LogP contribution is -2.55. The van der Waals surface area contributed by atoms with E-state index in [4.69, 9.17) is 9.72 Å². The standard InChI is InChI=1S/C21H36N6O2S.HI/c1-21(2,3)17-16-30-18(24-17)5-6-23-20(22-4)27-9-7-25(8-10-27)15-19(28)26-11-13-29-14-12-26;/h16H,5-15H2,1-4H3,(H,22,23);1H. The van der Waals surface area contributed by atoms with Crippen LogP contribution in [-0.2, 0) is 21.4 Å². The largest absolute Gasteiger partial charge is 0.378 e. The van der Waals surface area contributed by atoms with Crippen LogP contribution in [0, 0.1) is 0 Å². The molecule has 1 N–H and O–H groups in total. The molecule has 0 saturated carbocycles. The number of morpholine rings is 1. The molecule has 0 aliphatic carbocycles. The van der Waals surface area contributed by atoms with Gasteiger partial charge in [0.2, 0.25) is 5.91 Å². The zero-order chi connectivity index (χ0) is 21.6. The first kappa shape index (κ1) is 26.3. The number of carbonyl (C=O) groups excluding carboxylic acids is 1. The van der Waals surface area contributed by atoms with Gasteiger partial charge in [-0.15, -0.1) is 35.3 Å². The molecule has 3 rings (SSSR count). The van der Waals surface area contributed by atoms with E-state index in [2.05, 4.69) is 46.3 Å². The van der Waals surface area contributed by atoms with Crippen LogP contribution in [0.5, 0.6) is 0 Å². The van der Waals surface area contributed by atoms with Gasteiger partial charge in [0.05, 0.1) is 30.5 Å². The van der Waals surface area contributed by atoms with Crippen LogP contribution in [0.15, 0.2) is 10.4 Å². The Labute approximate surface area is 207 Å². The van der Waals surface area contributed by atoms with Gasteiger partial charge < -0.3 is 19.9 Å². The number of guanidine groups is 1. The Morgan fingerprint density at radius 1 is 1.16 bits per heavy atom. The molecule has 1 amide bonds. The van der Waals surface area contributed by atoms with Gasteiger partial charge in [0.1, 0.15) is 0 Å². The number of rotatable bonds is 5. The van der Waals surface area contributed by atoms with Crippen LogP contribution >= 0.6 is 35.3 Å². The van der Waals surface area contributed by atoms with Crippen LogP contribution in [0.4, 0.5) is 0 Å². The Bertz CT molecular complexity index is 722. The number of aromatic nitrogens is 1. The van der Waals surface area contributed by atoms with Crippen LogP contribution in [0.1, 0.15) is 31.5 Å². The summed E-state index contributed by atoms with van der Waals surface area (Å²) in [5, 5.41) is 6.81. The number of piperazine rings is 1. The van der Waals surface area contributed by atoms with Gasteiger partial charge in [-0.1, -0.05) is 20.8 Å². The third-order valence-electron chi connectivity index (χ3n) is 5.55. The molecule has 0 bridgehead atoms. The van der Waals surface area contributed by atoms with E-state index in [1.165, 1.54) is 0 Å². The number of ether oxygens (including phenoxy) is 1. The molecule has 0 spiro atoms. The molecule has 3 heterocycles. The number of aliphatic imine (C=N–C) groups is 1. The molecular weight excluding hydrogens is 527 g/mol. The lowest BCUT2D eigenvalue weighted by atomic mass is 9.93. The van der Waals surface area contributed by atoms with Crippen molar-refractivity contribution >= 4 is 47.2 Å². The Kier molecular flexibility index (Phi) is 10.4. The predicted molar refractivity (Wildman–Crippen MR) is 137 cm³/mol. The summed E-state index contributed by atoms with van der Waals surface area (Å²) in [7, 11) is 1.83. The number of carbonyl (C=O) groups is 1. The number of nitrogens with zero attached hydrogens (tertiary/aromatic N) is 5. The van der Waals surface area contributed by atoms with E-state index in [1.54, 1.807) is 11.3 Å². The van der Waals surface area contributed by atoms with Crippen molar-refractivity contribution in [2.24, 2.45) is 4.99 Å². The van der Waals surface area contributed by atoms with Gasteiger partial charge in [-0.3, -0.25) is 14.7 Å². The number of nitrogens with one attached hydrogen (secondary N) is 1. The zero-order valence-electron chi connectivity index (χ0n) is 19.2. The van der Waals surface area contributed by atoms with Gasteiger partial charge >= 0.3 is 0 Å². The molecule has 10 heteroatoms. The molecule has 8 nitrogen and oxygen atoms in total. The van der Waals surface area contributed by atoms with E-state index in [-0.39, 0.29) is 35.3 Å². The van der Waals surface area contributed by atoms with Crippen molar-refractivity contribution in [3.8, 4) is 0 Å². The fourth-order valence-corrected chi connectivity index (χ4v) is 4.63. The molecule has 2 aliphatic heterocycles. The van der Waals surface area contributed by atoms with Crippen LogP contribution in [0.3, 0.4) is 0 Å². The highest BCUT2D eigenvalue weighted by Gasteiger charge is 2.24. The minimum Gasteiger partial charge on any atom is -0.378 e. The van der Waals surface area contributed by atoms with Crippen LogP contribution in [0.25, 0.3) is 0 Å². The van der Waals surface area contributed by atoms with Gasteiger partial charge in [0.15, 0.2) is 5.96 Å². The number of thiazole rings is 1. The maximum Gasteiger partial charge on any atom is 0.236 e. The van der Waals surface area contributed by atoms with E-state index in [1.807, 2.05) is 11.9 Å². The fraction of sp³-hybridized carbons (Fsp3) is 0.762. The molecule has 2 fully saturated rings. The van der Waals surface area contributed by atoms with Crippen molar-refractivity contribution in [3.63, 3.8) is 0 Å². The van der Waals surface area contributed by atoms with E-state index in [9.17, 15) is 4.79 Å². The maximum atomic E-state index is 12.5. The minimum absolute atomic E-state index is 0. The first-order chi connectivity index (χ1) is 14.4. The zero-order valence-corrected chi connectivity index (χ0v) is 22.4. The van der Waals surface area contributed by atoms with Crippen molar-refractivity contribution in [2.75, 3.05) is 72.6 Å². The van der Waals surface area contributed by atoms with Crippen LogP contribution in [-0.4, -0.2) is 104 Å². The average molecular weight is 565 g/mol. The second-order valence-corrected chi connectivity index (χ2v) is 9.80. The summed E-state index contributed by atoms with van der Waals surface area (Å²) in [6, 6.07) is 0. The third-order valence-corrected chi connectivity index (χ3v) is 6.46. The van der Waals surface area contributed by atoms with Crippen molar-refractivity contribution in [1.82, 2.24) is 25.0 Å². The minimum atomic E-state index is 0. The lowest BCUT2D eigenvalue weighted by molar-refractivity contribution is -0.136. The molecule has 2 saturated heterocycles. The molecule has 176 valence electrons. The highest BCUT2D eigenvalue weighted by molar-refractivity contribution is 14.0. The molecule has 2 aliphatic rings. The van der Waals surface area contributed by atoms with Crippen molar-refractivity contribution in [2.45, 2.75) is 32.6 Å². The molecule has 1 aromatic rings. The Balaban J connectivity index is 0.00000341. The summed E-state index contributed by atoms with van der Waals surface area (Å²) < 4.78 is 5.33. The van der Waals surface area contributed by atoms with Crippen LogP contribution < -0.4 is 5.32 Å². The van der Waals surface area contributed by atoms with Gasteiger partial charge in [-0.05, 0) is 0 Å². The van der Waals surface area contributed by atoms with E-state index >= 15 is 0 Å². The van der Waals surface area contributed by atoms with Crippen LogP contribution in [0.2, 0.25) is 0 Å². The fourth-order valence-electron chi connectivity index (χ4n) is 3.61.